The van der Waals surface area contributed by atoms with Gasteiger partial charge in [0, 0.05) is 18.0 Å². The number of pyridine rings is 1. The number of hydrogen-bond acceptors (Lipinski definition) is 5. The fourth-order valence-corrected chi connectivity index (χ4v) is 1.78. The molecule has 0 bridgehead atoms. The molecule has 5 heteroatoms. The largest absolute Gasteiger partial charge is 0.392 e. The number of hydrogen-bond donors (Lipinski definition) is 1. The first-order valence-electron chi connectivity index (χ1n) is 5.74. The van der Waals surface area contributed by atoms with Gasteiger partial charge in [-0.05, 0) is 30.9 Å². The average Bonchev–Trinajstić information content (AvgIpc) is 3.12. The van der Waals surface area contributed by atoms with Crippen LogP contribution in [0.25, 0.3) is 11.4 Å². The number of rotatable bonds is 4. The van der Waals surface area contributed by atoms with Crippen molar-refractivity contribution in [3.63, 3.8) is 0 Å². The lowest BCUT2D eigenvalue weighted by molar-refractivity contribution is 0.140. The Hall–Kier alpha value is -1.75. The van der Waals surface area contributed by atoms with Crippen LogP contribution in [0.15, 0.2) is 29.0 Å². The third-order valence-electron chi connectivity index (χ3n) is 2.96. The first-order valence-corrected chi connectivity index (χ1v) is 5.74. The molecule has 1 N–H and O–H groups in total. The maximum Gasteiger partial charge on any atom is 0.229 e. The van der Waals surface area contributed by atoms with E-state index in [1.807, 2.05) is 12.1 Å². The van der Waals surface area contributed by atoms with Crippen molar-refractivity contribution < 1.29 is 9.63 Å². The zero-order valence-electron chi connectivity index (χ0n) is 9.28. The van der Waals surface area contributed by atoms with Gasteiger partial charge < -0.3 is 9.63 Å². The predicted molar refractivity (Wildman–Crippen MR) is 60.0 cm³/mol. The van der Waals surface area contributed by atoms with Gasteiger partial charge in [-0.15, -0.1) is 0 Å². The molecule has 1 aliphatic carbocycles. The highest BCUT2D eigenvalue weighted by Crippen LogP contribution is 2.33. The first kappa shape index (κ1) is 10.4. The van der Waals surface area contributed by atoms with Gasteiger partial charge in [-0.1, -0.05) is 5.16 Å². The summed E-state index contributed by atoms with van der Waals surface area (Å²) in [6.07, 6.45) is 5.68. The summed E-state index contributed by atoms with van der Waals surface area (Å²) < 4.78 is 5.13. The molecule has 0 radical (unpaired) electrons. The van der Waals surface area contributed by atoms with Gasteiger partial charge >= 0.3 is 0 Å². The van der Waals surface area contributed by atoms with Crippen LogP contribution in [0, 0.1) is 5.92 Å². The Labute approximate surface area is 98.5 Å². The molecule has 0 aliphatic heterocycles. The Morgan fingerprint density at radius 3 is 2.82 bits per heavy atom. The fraction of sp³-hybridized carbons (Fsp3) is 0.417. The van der Waals surface area contributed by atoms with Crippen LogP contribution >= 0.6 is 0 Å². The van der Waals surface area contributed by atoms with Crippen molar-refractivity contribution in [2.75, 3.05) is 0 Å². The summed E-state index contributed by atoms with van der Waals surface area (Å²) in [5, 5.41) is 13.7. The van der Waals surface area contributed by atoms with E-state index >= 15 is 0 Å². The van der Waals surface area contributed by atoms with Crippen LogP contribution in [-0.4, -0.2) is 26.3 Å². The van der Waals surface area contributed by atoms with E-state index in [4.69, 9.17) is 4.52 Å². The second-order valence-corrected chi connectivity index (χ2v) is 4.36. The third kappa shape index (κ3) is 2.34. The monoisotopic (exact) mass is 231 g/mol. The number of aliphatic hydroxyl groups is 1. The SMILES string of the molecule is OC(Cc1nc(-c2ccncc2)no1)C1CC1. The van der Waals surface area contributed by atoms with E-state index < -0.39 is 0 Å². The van der Waals surface area contributed by atoms with Gasteiger partial charge in [-0.25, -0.2) is 0 Å². The van der Waals surface area contributed by atoms with E-state index in [1.165, 1.54) is 0 Å². The Balaban J connectivity index is 1.74. The fourth-order valence-electron chi connectivity index (χ4n) is 1.78. The van der Waals surface area contributed by atoms with Gasteiger partial charge in [0.15, 0.2) is 0 Å². The maximum atomic E-state index is 9.78. The Bertz CT molecular complexity index is 493. The topological polar surface area (TPSA) is 72.0 Å². The highest BCUT2D eigenvalue weighted by Gasteiger charge is 2.31. The van der Waals surface area contributed by atoms with Crippen LogP contribution in [0.2, 0.25) is 0 Å². The molecule has 0 amide bonds. The highest BCUT2D eigenvalue weighted by atomic mass is 16.5. The lowest BCUT2D eigenvalue weighted by Gasteiger charge is -2.03. The smallest absolute Gasteiger partial charge is 0.229 e. The Morgan fingerprint density at radius 1 is 1.35 bits per heavy atom. The molecule has 0 spiro atoms. The Kier molecular flexibility index (Phi) is 2.60. The molecular weight excluding hydrogens is 218 g/mol. The van der Waals surface area contributed by atoms with Crippen molar-refractivity contribution in [2.24, 2.45) is 5.92 Å². The van der Waals surface area contributed by atoms with Crippen molar-refractivity contribution >= 4 is 0 Å². The van der Waals surface area contributed by atoms with E-state index in [9.17, 15) is 5.11 Å². The van der Waals surface area contributed by atoms with E-state index in [0.717, 1.165) is 18.4 Å². The minimum absolute atomic E-state index is 0.347. The molecule has 1 aliphatic rings. The summed E-state index contributed by atoms with van der Waals surface area (Å²) in [5.41, 5.74) is 0.871. The summed E-state index contributed by atoms with van der Waals surface area (Å²) in [6.45, 7) is 0. The third-order valence-corrected chi connectivity index (χ3v) is 2.96. The molecular formula is C12H13N3O2. The predicted octanol–water partition coefficient (Wildman–Crippen LogP) is 1.44. The number of nitrogens with zero attached hydrogens (tertiary/aromatic N) is 3. The summed E-state index contributed by atoms with van der Waals surface area (Å²) in [6, 6.07) is 3.65. The molecule has 3 rings (SSSR count). The molecule has 1 unspecified atom stereocenters. The van der Waals surface area contributed by atoms with E-state index in [0.29, 0.717) is 24.1 Å². The molecule has 2 aromatic heterocycles. The molecule has 2 aromatic rings. The molecule has 0 aromatic carbocycles. The molecule has 1 atom stereocenters. The zero-order chi connectivity index (χ0) is 11.7. The molecule has 2 heterocycles. The number of aromatic nitrogens is 3. The standard InChI is InChI=1S/C12H13N3O2/c16-10(8-1-2-8)7-11-14-12(15-17-11)9-3-5-13-6-4-9/h3-6,8,10,16H,1-2,7H2. The lowest BCUT2D eigenvalue weighted by Crippen LogP contribution is -2.12. The van der Waals surface area contributed by atoms with Crippen molar-refractivity contribution in [2.45, 2.75) is 25.4 Å². The molecule has 1 saturated carbocycles. The Morgan fingerprint density at radius 2 is 2.12 bits per heavy atom. The molecule has 88 valence electrons. The van der Waals surface area contributed by atoms with Gasteiger partial charge in [0.25, 0.3) is 0 Å². The van der Waals surface area contributed by atoms with Crippen molar-refractivity contribution in [3.05, 3.63) is 30.4 Å². The highest BCUT2D eigenvalue weighted by molar-refractivity contribution is 5.52. The minimum atomic E-state index is -0.347. The van der Waals surface area contributed by atoms with Crippen LogP contribution in [0.3, 0.4) is 0 Å². The second-order valence-electron chi connectivity index (χ2n) is 4.36. The van der Waals surface area contributed by atoms with E-state index in [2.05, 4.69) is 15.1 Å². The van der Waals surface area contributed by atoms with Gasteiger partial charge in [-0.3, -0.25) is 4.98 Å². The maximum absolute atomic E-state index is 9.78. The second kappa shape index (κ2) is 4.25. The number of aliphatic hydroxyl groups excluding tert-OH is 1. The zero-order valence-corrected chi connectivity index (χ0v) is 9.28. The van der Waals surface area contributed by atoms with Gasteiger partial charge in [0.1, 0.15) is 0 Å². The summed E-state index contributed by atoms with van der Waals surface area (Å²) in [5.74, 6) is 1.47. The lowest BCUT2D eigenvalue weighted by atomic mass is 10.2. The van der Waals surface area contributed by atoms with Crippen LogP contribution in [-0.2, 0) is 6.42 Å². The van der Waals surface area contributed by atoms with Gasteiger partial charge in [0.2, 0.25) is 11.7 Å². The average molecular weight is 231 g/mol. The van der Waals surface area contributed by atoms with E-state index in [1.54, 1.807) is 12.4 Å². The van der Waals surface area contributed by atoms with Crippen LogP contribution in [0.1, 0.15) is 18.7 Å². The summed E-state index contributed by atoms with van der Waals surface area (Å²) >= 11 is 0. The van der Waals surface area contributed by atoms with Gasteiger partial charge in [0.05, 0.1) is 12.5 Å². The van der Waals surface area contributed by atoms with Crippen molar-refractivity contribution in [3.8, 4) is 11.4 Å². The molecule has 17 heavy (non-hydrogen) atoms. The van der Waals surface area contributed by atoms with Crippen LogP contribution < -0.4 is 0 Å². The van der Waals surface area contributed by atoms with Crippen molar-refractivity contribution in [1.82, 2.24) is 15.1 Å². The van der Waals surface area contributed by atoms with Crippen molar-refractivity contribution in [1.29, 1.82) is 0 Å². The molecule has 0 saturated heterocycles. The molecule has 5 nitrogen and oxygen atoms in total. The quantitative estimate of drug-likeness (QED) is 0.862. The summed E-state index contributed by atoms with van der Waals surface area (Å²) in [4.78, 5) is 8.20. The minimum Gasteiger partial charge on any atom is -0.392 e. The normalized spacial score (nSPS) is 17.0. The first-order chi connectivity index (χ1) is 8.33. The van der Waals surface area contributed by atoms with Crippen LogP contribution in [0.5, 0.6) is 0 Å². The van der Waals surface area contributed by atoms with E-state index in [-0.39, 0.29) is 6.10 Å². The summed E-state index contributed by atoms with van der Waals surface area (Å²) in [7, 11) is 0. The van der Waals surface area contributed by atoms with Gasteiger partial charge in [-0.2, -0.15) is 4.98 Å². The van der Waals surface area contributed by atoms with Crippen LogP contribution in [0.4, 0.5) is 0 Å². The molecule has 1 fully saturated rings.